The molecule has 0 aromatic carbocycles. The first-order chi connectivity index (χ1) is 6.20. The molecule has 0 aliphatic carbocycles. The Balaban J connectivity index is 2.13. The summed E-state index contributed by atoms with van der Waals surface area (Å²) >= 11 is 0. The lowest BCUT2D eigenvalue weighted by atomic mass is 10.2. The Bertz CT molecular complexity index is 164. The predicted octanol–water partition coefficient (Wildman–Crippen LogP) is 0.475. The minimum atomic E-state index is -0.133. The summed E-state index contributed by atoms with van der Waals surface area (Å²) in [4.78, 5) is 13.2. The van der Waals surface area contributed by atoms with Gasteiger partial charge in [0, 0.05) is 13.1 Å². The molecule has 0 N–H and O–H groups in total. The number of carbonyl (C=O) groups is 1. The maximum atomic E-state index is 11.1. The van der Waals surface area contributed by atoms with Gasteiger partial charge in [-0.15, -0.1) is 0 Å². The molecule has 0 amide bonds. The molecule has 0 unspecified atom stereocenters. The zero-order valence-corrected chi connectivity index (χ0v) is 8.28. The SMILES string of the molecule is CC(C)C(=O)OCN1CCOCC1. The van der Waals surface area contributed by atoms with Gasteiger partial charge >= 0.3 is 5.97 Å². The monoisotopic (exact) mass is 187 g/mol. The van der Waals surface area contributed by atoms with Crippen LogP contribution in [0.25, 0.3) is 0 Å². The third-order valence-corrected chi connectivity index (χ3v) is 1.96. The van der Waals surface area contributed by atoms with E-state index in [4.69, 9.17) is 9.47 Å². The van der Waals surface area contributed by atoms with Crippen LogP contribution in [0.15, 0.2) is 0 Å². The molecule has 76 valence electrons. The molecule has 1 heterocycles. The highest BCUT2D eigenvalue weighted by molar-refractivity contribution is 5.71. The lowest BCUT2D eigenvalue weighted by Crippen LogP contribution is -2.38. The molecule has 0 atom stereocenters. The maximum Gasteiger partial charge on any atom is 0.309 e. The van der Waals surface area contributed by atoms with Gasteiger partial charge < -0.3 is 9.47 Å². The standard InChI is InChI=1S/C9H17NO3/c1-8(2)9(11)13-7-10-3-5-12-6-4-10/h8H,3-7H2,1-2H3. The number of carbonyl (C=O) groups excluding carboxylic acids is 1. The fourth-order valence-electron chi connectivity index (χ4n) is 1.05. The molecule has 1 saturated heterocycles. The van der Waals surface area contributed by atoms with E-state index >= 15 is 0 Å². The van der Waals surface area contributed by atoms with Gasteiger partial charge in [-0.25, -0.2) is 0 Å². The number of nitrogens with zero attached hydrogens (tertiary/aromatic N) is 1. The van der Waals surface area contributed by atoms with Gasteiger partial charge in [-0.2, -0.15) is 0 Å². The molecular weight excluding hydrogens is 170 g/mol. The van der Waals surface area contributed by atoms with Crippen molar-refractivity contribution in [1.29, 1.82) is 0 Å². The van der Waals surface area contributed by atoms with Gasteiger partial charge in [0.25, 0.3) is 0 Å². The van der Waals surface area contributed by atoms with E-state index < -0.39 is 0 Å². The normalized spacial score (nSPS) is 19.0. The van der Waals surface area contributed by atoms with Crippen molar-refractivity contribution in [2.75, 3.05) is 33.0 Å². The molecule has 1 aliphatic rings. The summed E-state index contributed by atoms with van der Waals surface area (Å²) in [5, 5.41) is 0. The quantitative estimate of drug-likeness (QED) is 0.602. The summed E-state index contributed by atoms with van der Waals surface area (Å²) in [5.74, 6) is -0.174. The average molecular weight is 187 g/mol. The van der Waals surface area contributed by atoms with Crippen LogP contribution >= 0.6 is 0 Å². The Morgan fingerprint density at radius 2 is 2.08 bits per heavy atom. The van der Waals surface area contributed by atoms with Crippen LogP contribution in [-0.2, 0) is 14.3 Å². The molecule has 0 aromatic heterocycles. The Morgan fingerprint density at radius 1 is 1.46 bits per heavy atom. The number of hydrogen-bond acceptors (Lipinski definition) is 4. The van der Waals surface area contributed by atoms with Crippen molar-refractivity contribution in [2.45, 2.75) is 13.8 Å². The summed E-state index contributed by atoms with van der Waals surface area (Å²) in [6, 6.07) is 0. The molecule has 1 rings (SSSR count). The maximum absolute atomic E-state index is 11.1. The summed E-state index contributed by atoms with van der Waals surface area (Å²) in [5.41, 5.74) is 0. The van der Waals surface area contributed by atoms with E-state index in [0.717, 1.165) is 26.3 Å². The summed E-state index contributed by atoms with van der Waals surface area (Å²) in [7, 11) is 0. The van der Waals surface area contributed by atoms with E-state index in [0.29, 0.717) is 6.73 Å². The van der Waals surface area contributed by atoms with Crippen molar-refractivity contribution < 1.29 is 14.3 Å². The first-order valence-electron chi connectivity index (χ1n) is 4.67. The van der Waals surface area contributed by atoms with Gasteiger partial charge in [-0.3, -0.25) is 9.69 Å². The highest BCUT2D eigenvalue weighted by Crippen LogP contribution is 2.00. The fraction of sp³-hybridized carbons (Fsp3) is 0.889. The third-order valence-electron chi connectivity index (χ3n) is 1.96. The summed E-state index contributed by atoms with van der Waals surface area (Å²) in [6.45, 7) is 7.25. The van der Waals surface area contributed by atoms with Crippen LogP contribution in [0.5, 0.6) is 0 Å². The highest BCUT2D eigenvalue weighted by Gasteiger charge is 2.13. The Labute approximate surface area is 78.8 Å². The van der Waals surface area contributed by atoms with Gasteiger partial charge in [-0.05, 0) is 0 Å². The second-order valence-corrected chi connectivity index (χ2v) is 3.48. The fourth-order valence-corrected chi connectivity index (χ4v) is 1.05. The van der Waals surface area contributed by atoms with Crippen LogP contribution in [0, 0.1) is 5.92 Å². The summed E-state index contributed by atoms with van der Waals surface area (Å²) < 4.78 is 10.2. The van der Waals surface area contributed by atoms with E-state index in [1.54, 1.807) is 0 Å². The van der Waals surface area contributed by atoms with E-state index in [9.17, 15) is 4.79 Å². The van der Waals surface area contributed by atoms with Crippen molar-refractivity contribution in [3.8, 4) is 0 Å². The second kappa shape index (κ2) is 5.19. The molecule has 0 saturated carbocycles. The molecule has 13 heavy (non-hydrogen) atoms. The molecule has 1 aliphatic heterocycles. The van der Waals surface area contributed by atoms with Crippen molar-refractivity contribution in [2.24, 2.45) is 5.92 Å². The molecule has 4 heteroatoms. The molecule has 1 fully saturated rings. The number of hydrogen-bond donors (Lipinski definition) is 0. The predicted molar refractivity (Wildman–Crippen MR) is 48.2 cm³/mol. The Morgan fingerprint density at radius 3 is 2.62 bits per heavy atom. The van der Waals surface area contributed by atoms with E-state index in [2.05, 4.69) is 4.90 Å². The minimum absolute atomic E-state index is 0.0407. The van der Waals surface area contributed by atoms with Gasteiger partial charge in [0.15, 0.2) is 0 Å². The Kier molecular flexibility index (Phi) is 4.18. The third kappa shape index (κ3) is 3.74. The summed E-state index contributed by atoms with van der Waals surface area (Å²) in [6.07, 6.45) is 0. The number of ether oxygens (including phenoxy) is 2. The molecule has 4 nitrogen and oxygen atoms in total. The van der Waals surface area contributed by atoms with Crippen molar-refractivity contribution in [3.05, 3.63) is 0 Å². The smallest absolute Gasteiger partial charge is 0.309 e. The van der Waals surface area contributed by atoms with Crippen LogP contribution in [0.2, 0.25) is 0 Å². The lowest BCUT2D eigenvalue weighted by Gasteiger charge is -2.26. The molecule has 0 radical (unpaired) electrons. The van der Waals surface area contributed by atoms with Gasteiger partial charge in [0.1, 0.15) is 6.73 Å². The van der Waals surface area contributed by atoms with Crippen molar-refractivity contribution in [1.82, 2.24) is 4.90 Å². The second-order valence-electron chi connectivity index (χ2n) is 3.48. The number of esters is 1. The van der Waals surface area contributed by atoms with E-state index in [1.165, 1.54) is 0 Å². The van der Waals surface area contributed by atoms with Gasteiger partial charge in [0.05, 0.1) is 19.1 Å². The molecule has 0 spiro atoms. The first-order valence-corrected chi connectivity index (χ1v) is 4.67. The first kappa shape index (κ1) is 10.5. The topological polar surface area (TPSA) is 38.8 Å². The van der Waals surface area contributed by atoms with Crippen LogP contribution in [0.3, 0.4) is 0 Å². The van der Waals surface area contributed by atoms with E-state index in [1.807, 2.05) is 13.8 Å². The molecule has 0 aromatic rings. The number of rotatable bonds is 3. The van der Waals surface area contributed by atoms with Crippen LogP contribution in [0.1, 0.15) is 13.8 Å². The van der Waals surface area contributed by atoms with Crippen LogP contribution < -0.4 is 0 Å². The van der Waals surface area contributed by atoms with Crippen LogP contribution in [-0.4, -0.2) is 43.9 Å². The zero-order valence-electron chi connectivity index (χ0n) is 8.28. The van der Waals surface area contributed by atoms with Crippen molar-refractivity contribution in [3.63, 3.8) is 0 Å². The van der Waals surface area contributed by atoms with Gasteiger partial charge in [-0.1, -0.05) is 13.8 Å². The highest BCUT2D eigenvalue weighted by atomic mass is 16.5. The minimum Gasteiger partial charge on any atom is -0.449 e. The van der Waals surface area contributed by atoms with Crippen LogP contribution in [0.4, 0.5) is 0 Å². The van der Waals surface area contributed by atoms with Crippen molar-refractivity contribution >= 4 is 5.97 Å². The zero-order chi connectivity index (χ0) is 9.68. The lowest BCUT2D eigenvalue weighted by molar-refractivity contribution is -0.154. The largest absolute Gasteiger partial charge is 0.449 e. The molecular formula is C9H17NO3. The Hall–Kier alpha value is -0.610. The van der Waals surface area contributed by atoms with E-state index in [-0.39, 0.29) is 11.9 Å². The number of morpholine rings is 1. The molecule has 0 bridgehead atoms. The van der Waals surface area contributed by atoms with Gasteiger partial charge in [0.2, 0.25) is 0 Å². The average Bonchev–Trinajstić information content (AvgIpc) is 2.15.